The monoisotopic (exact) mass is 168 g/mol. The molecule has 0 aromatic heterocycles. The maximum Gasteiger partial charge on any atom is 0.0827 e. The van der Waals surface area contributed by atoms with E-state index in [-0.39, 0.29) is 0 Å². The molecular weight excluding hydrogens is 148 g/mol. The molecule has 0 unspecified atom stereocenters. The normalized spacial score (nSPS) is 25.9. The topological polar surface area (TPSA) is 20.2 Å². The SMILES string of the molecule is C/C=C/[C@](C)(O)C1CCCCC1. The Bertz CT molecular complexity index is 152. The van der Waals surface area contributed by atoms with Crippen LogP contribution in [0, 0.1) is 5.92 Å². The van der Waals surface area contributed by atoms with Gasteiger partial charge in [0.05, 0.1) is 5.60 Å². The summed E-state index contributed by atoms with van der Waals surface area (Å²) in [6.07, 6.45) is 10.2. The van der Waals surface area contributed by atoms with Gasteiger partial charge in [-0.3, -0.25) is 0 Å². The molecule has 1 rings (SSSR count). The van der Waals surface area contributed by atoms with Crippen LogP contribution in [0.1, 0.15) is 46.0 Å². The molecule has 0 radical (unpaired) electrons. The highest BCUT2D eigenvalue weighted by atomic mass is 16.3. The van der Waals surface area contributed by atoms with Crippen LogP contribution in [-0.4, -0.2) is 10.7 Å². The third kappa shape index (κ3) is 2.34. The first-order valence-electron chi connectivity index (χ1n) is 5.03. The van der Waals surface area contributed by atoms with Gasteiger partial charge in [0.2, 0.25) is 0 Å². The van der Waals surface area contributed by atoms with E-state index in [0.29, 0.717) is 5.92 Å². The molecule has 70 valence electrons. The Morgan fingerprint density at radius 2 is 1.83 bits per heavy atom. The van der Waals surface area contributed by atoms with Crippen molar-refractivity contribution in [3.8, 4) is 0 Å². The largest absolute Gasteiger partial charge is 0.386 e. The summed E-state index contributed by atoms with van der Waals surface area (Å²) in [6.45, 7) is 3.90. The van der Waals surface area contributed by atoms with Gasteiger partial charge in [0.25, 0.3) is 0 Å². The lowest BCUT2D eigenvalue weighted by Crippen LogP contribution is -2.33. The first-order chi connectivity index (χ1) is 5.67. The fourth-order valence-electron chi connectivity index (χ4n) is 2.16. The van der Waals surface area contributed by atoms with E-state index >= 15 is 0 Å². The maximum absolute atomic E-state index is 10.1. The van der Waals surface area contributed by atoms with Crippen LogP contribution in [0.25, 0.3) is 0 Å². The fraction of sp³-hybridized carbons (Fsp3) is 0.818. The van der Waals surface area contributed by atoms with Crippen LogP contribution >= 0.6 is 0 Å². The quantitative estimate of drug-likeness (QED) is 0.629. The third-order valence-electron chi connectivity index (χ3n) is 2.94. The average molecular weight is 168 g/mol. The summed E-state index contributed by atoms with van der Waals surface area (Å²) < 4.78 is 0. The zero-order chi connectivity index (χ0) is 9.03. The molecule has 1 saturated carbocycles. The summed E-state index contributed by atoms with van der Waals surface area (Å²) in [6, 6.07) is 0. The molecule has 0 aromatic rings. The molecule has 12 heavy (non-hydrogen) atoms. The molecule has 0 saturated heterocycles. The number of hydrogen-bond donors (Lipinski definition) is 1. The van der Waals surface area contributed by atoms with Crippen molar-refractivity contribution in [3.05, 3.63) is 12.2 Å². The van der Waals surface area contributed by atoms with E-state index in [4.69, 9.17) is 0 Å². The van der Waals surface area contributed by atoms with Gasteiger partial charge in [-0.1, -0.05) is 31.4 Å². The summed E-state index contributed by atoms with van der Waals surface area (Å²) in [4.78, 5) is 0. The van der Waals surface area contributed by atoms with Crippen molar-refractivity contribution in [2.75, 3.05) is 0 Å². The van der Waals surface area contributed by atoms with E-state index in [1.165, 1.54) is 32.1 Å². The Labute approximate surface area is 75.5 Å². The molecule has 1 N–H and O–H groups in total. The Hall–Kier alpha value is -0.300. The molecule has 0 aliphatic heterocycles. The lowest BCUT2D eigenvalue weighted by molar-refractivity contribution is 0.0277. The minimum Gasteiger partial charge on any atom is -0.386 e. The van der Waals surface area contributed by atoms with Crippen molar-refractivity contribution < 1.29 is 5.11 Å². The lowest BCUT2D eigenvalue weighted by Gasteiger charge is -2.33. The van der Waals surface area contributed by atoms with Gasteiger partial charge in [-0.15, -0.1) is 0 Å². The Kier molecular flexibility index (Phi) is 3.33. The Balaban J connectivity index is 2.53. The molecule has 0 spiro atoms. The highest BCUT2D eigenvalue weighted by Gasteiger charge is 2.29. The Morgan fingerprint density at radius 3 is 2.33 bits per heavy atom. The van der Waals surface area contributed by atoms with Crippen molar-refractivity contribution in [1.82, 2.24) is 0 Å². The van der Waals surface area contributed by atoms with E-state index in [1.807, 2.05) is 26.0 Å². The predicted molar refractivity (Wildman–Crippen MR) is 52.0 cm³/mol. The van der Waals surface area contributed by atoms with E-state index in [2.05, 4.69) is 0 Å². The summed E-state index contributed by atoms with van der Waals surface area (Å²) in [5.41, 5.74) is -0.560. The molecular formula is C11H20O. The van der Waals surface area contributed by atoms with Crippen molar-refractivity contribution in [2.24, 2.45) is 5.92 Å². The number of allylic oxidation sites excluding steroid dienone is 1. The van der Waals surface area contributed by atoms with Crippen molar-refractivity contribution in [2.45, 2.75) is 51.6 Å². The van der Waals surface area contributed by atoms with Crippen LogP contribution in [0.4, 0.5) is 0 Å². The van der Waals surface area contributed by atoms with E-state index in [9.17, 15) is 5.11 Å². The molecule has 1 nitrogen and oxygen atoms in total. The van der Waals surface area contributed by atoms with Crippen molar-refractivity contribution >= 4 is 0 Å². The average Bonchev–Trinajstić information content (AvgIpc) is 2.06. The van der Waals surface area contributed by atoms with Gasteiger partial charge in [-0.25, -0.2) is 0 Å². The first-order valence-corrected chi connectivity index (χ1v) is 5.03. The van der Waals surface area contributed by atoms with Crippen molar-refractivity contribution in [3.63, 3.8) is 0 Å². The maximum atomic E-state index is 10.1. The first kappa shape index (κ1) is 9.79. The molecule has 0 aromatic carbocycles. The summed E-state index contributed by atoms with van der Waals surface area (Å²) in [5, 5.41) is 10.1. The molecule has 1 atom stereocenters. The second-order valence-electron chi connectivity index (χ2n) is 4.06. The van der Waals surface area contributed by atoms with Gasteiger partial charge in [0.1, 0.15) is 0 Å². The second kappa shape index (κ2) is 4.08. The predicted octanol–water partition coefficient (Wildman–Crippen LogP) is 2.89. The molecule has 1 heteroatoms. The van der Waals surface area contributed by atoms with E-state index in [1.54, 1.807) is 0 Å². The van der Waals surface area contributed by atoms with E-state index in [0.717, 1.165) is 0 Å². The van der Waals surface area contributed by atoms with Crippen LogP contribution in [0.15, 0.2) is 12.2 Å². The van der Waals surface area contributed by atoms with Crippen LogP contribution in [0.2, 0.25) is 0 Å². The highest BCUT2D eigenvalue weighted by molar-refractivity contribution is 5.01. The molecule has 1 aliphatic rings. The van der Waals surface area contributed by atoms with Gasteiger partial charge in [0.15, 0.2) is 0 Å². The lowest BCUT2D eigenvalue weighted by atomic mass is 9.78. The van der Waals surface area contributed by atoms with Crippen LogP contribution in [0.3, 0.4) is 0 Å². The zero-order valence-corrected chi connectivity index (χ0v) is 8.21. The summed E-state index contributed by atoms with van der Waals surface area (Å²) in [5.74, 6) is 0.488. The number of hydrogen-bond acceptors (Lipinski definition) is 1. The Morgan fingerprint density at radius 1 is 1.25 bits per heavy atom. The number of rotatable bonds is 2. The molecule has 0 bridgehead atoms. The molecule has 1 fully saturated rings. The molecule has 0 heterocycles. The second-order valence-corrected chi connectivity index (χ2v) is 4.06. The smallest absolute Gasteiger partial charge is 0.0827 e. The third-order valence-corrected chi connectivity index (χ3v) is 2.94. The number of aliphatic hydroxyl groups is 1. The highest BCUT2D eigenvalue weighted by Crippen LogP contribution is 2.33. The van der Waals surface area contributed by atoms with Gasteiger partial charge in [-0.2, -0.15) is 0 Å². The van der Waals surface area contributed by atoms with Crippen LogP contribution in [-0.2, 0) is 0 Å². The van der Waals surface area contributed by atoms with Crippen LogP contribution in [0.5, 0.6) is 0 Å². The molecule has 1 aliphatic carbocycles. The molecule has 0 amide bonds. The fourth-order valence-corrected chi connectivity index (χ4v) is 2.16. The van der Waals surface area contributed by atoms with Gasteiger partial charge < -0.3 is 5.11 Å². The van der Waals surface area contributed by atoms with Gasteiger partial charge in [-0.05, 0) is 32.6 Å². The minimum absolute atomic E-state index is 0.488. The standard InChI is InChI=1S/C11H20O/c1-3-9-11(2,12)10-7-5-4-6-8-10/h3,9-10,12H,4-8H2,1-2H3/b9-3+/t11-/m0/s1. The van der Waals surface area contributed by atoms with Crippen molar-refractivity contribution in [1.29, 1.82) is 0 Å². The van der Waals surface area contributed by atoms with Crippen LogP contribution < -0.4 is 0 Å². The minimum atomic E-state index is -0.560. The summed E-state index contributed by atoms with van der Waals surface area (Å²) in [7, 11) is 0. The summed E-state index contributed by atoms with van der Waals surface area (Å²) >= 11 is 0. The zero-order valence-electron chi connectivity index (χ0n) is 8.21. The van der Waals surface area contributed by atoms with Gasteiger partial charge in [0, 0.05) is 0 Å². The van der Waals surface area contributed by atoms with Gasteiger partial charge >= 0.3 is 0 Å². The van der Waals surface area contributed by atoms with E-state index < -0.39 is 5.60 Å².